The molecule has 1 heteroatoms. The van der Waals surface area contributed by atoms with E-state index in [4.69, 9.17) is 0 Å². The highest BCUT2D eigenvalue weighted by molar-refractivity contribution is 4.93. The minimum Gasteiger partial charge on any atom is -0.314 e. The van der Waals surface area contributed by atoms with Crippen LogP contribution in [0.3, 0.4) is 0 Å². The minimum absolute atomic E-state index is 0.588. The lowest BCUT2D eigenvalue weighted by Crippen LogP contribution is -2.40. The van der Waals surface area contributed by atoms with Crippen molar-refractivity contribution in [2.24, 2.45) is 23.2 Å². The summed E-state index contributed by atoms with van der Waals surface area (Å²) in [7, 11) is 0. The van der Waals surface area contributed by atoms with Crippen LogP contribution in [-0.4, -0.2) is 12.6 Å². The summed E-state index contributed by atoms with van der Waals surface area (Å²) in [6, 6.07) is 0.818. The van der Waals surface area contributed by atoms with Gasteiger partial charge in [-0.3, -0.25) is 0 Å². The molecule has 1 nitrogen and oxygen atoms in total. The van der Waals surface area contributed by atoms with Crippen LogP contribution in [0.1, 0.15) is 65.2 Å². The molecule has 0 heterocycles. The average Bonchev–Trinajstić information content (AvgIpc) is 3.12. The maximum absolute atomic E-state index is 3.92. The predicted molar refractivity (Wildman–Crippen MR) is 73.0 cm³/mol. The van der Waals surface area contributed by atoms with Crippen molar-refractivity contribution in [1.29, 1.82) is 0 Å². The molecule has 3 fully saturated rings. The smallest absolute Gasteiger partial charge is 0.00722 e. The molecular formula is C16H29N. The van der Waals surface area contributed by atoms with Crippen LogP contribution >= 0.6 is 0 Å². The Morgan fingerprint density at radius 2 is 1.71 bits per heavy atom. The van der Waals surface area contributed by atoms with Crippen LogP contribution in [0, 0.1) is 23.2 Å². The zero-order valence-electron chi connectivity index (χ0n) is 11.7. The Bertz CT molecular complexity index is 251. The first-order chi connectivity index (χ1) is 8.14. The Labute approximate surface area is 107 Å². The largest absolute Gasteiger partial charge is 0.314 e. The quantitative estimate of drug-likeness (QED) is 0.760. The van der Waals surface area contributed by atoms with Crippen molar-refractivity contribution in [3.05, 3.63) is 0 Å². The normalized spacial score (nSPS) is 33.0. The van der Waals surface area contributed by atoms with Crippen LogP contribution in [0.4, 0.5) is 0 Å². The first kappa shape index (κ1) is 12.0. The van der Waals surface area contributed by atoms with E-state index in [9.17, 15) is 0 Å². The third-order valence-corrected chi connectivity index (χ3v) is 5.30. The van der Waals surface area contributed by atoms with Crippen LogP contribution < -0.4 is 5.32 Å². The van der Waals surface area contributed by atoms with Crippen LogP contribution in [0.25, 0.3) is 0 Å². The molecule has 0 aromatic heterocycles. The van der Waals surface area contributed by atoms with Gasteiger partial charge in [0.1, 0.15) is 0 Å². The summed E-state index contributed by atoms with van der Waals surface area (Å²) in [6.45, 7) is 6.22. The molecule has 3 aliphatic rings. The highest BCUT2D eigenvalue weighted by atomic mass is 14.9. The van der Waals surface area contributed by atoms with E-state index in [-0.39, 0.29) is 0 Å². The van der Waals surface area contributed by atoms with Gasteiger partial charge >= 0.3 is 0 Å². The molecule has 0 aromatic rings. The SMILES string of the molecule is CC1(C)CCCC(NCC(C2CC2)C2CC2)C1. The van der Waals surface area contributed by atoms with Crippen LogP contribution in [0.5, 0.6) is 0 Å². The lowest BCUT2D eigenvalue weighted by atomic mass is 9.75. The number of rotatable bonds is 5. The van der Waals surface area contributed by atoms with Crippen molar-refractivity contribution in [2.75, 3.05) is 6.54 Å². The van der Waals surface area contributed by atoms with Gasteiger partial charge in [-0.15, -0.1) is 0 Å². The lowest BCUT2D eigenvalue weighted by Gasteiger charge is -2.36. The molecule has 0 aliphatic heterocycles. The van der Waals surface area contributed by atoms with Crippen molar-refractivity contribution in [3.63, 3.8) is 0 Å². The summed E-state index contributed by atoms with van der Waals surface area (Å²) < 4.78 is 0. The second-order valence-corrected chi connectivity index (χ2v) is 7.70. The zero-order chi connectivity index (χ0) is 11.9. The third kappa shape index (κ3) is 3.24. The fraction of sp³-hybridized carbons (Fsp3) is 1.00. The summed E-state index contributed by atoms with van der Waals surface area (Å²) in [5.74, 6) is 3.25. The molecule has 98 valence electrons. The standard InChI is InChI=1S/C16H29N/c1-16(2)9-3-4-14(10-16)17-11-15(12-5-6-12)13-7-8-13/h12-15,17H,3-11H2,1-2H3. The van der Waals surface area contributed by atoms with Crippen molar-refractivity contribution >= 4 is 0 Å². The van der Waals surface area contributed by atoms with E-state index in [1.165, 1.54) is 57.9 Å². The maximum Gasteiger partial charge on any atom is 0.00722 e. The van der Waals surface area contributed by atoms with Crippen LogP contribution in [0.2, 0.25) is 0 Å². The van der Waals surface area contributed by atoms with Gasteiger partial charge in [0.25, 0.3) is 0 Å². The first-order valence-electron chi connectivity index (χ1n) is 7.87. The number of hydrogen-bond acceptors (Lipinski definition) is 1. The van der Waals surface area contributed by atoms with Crippen molar-refractivity contribution < 1.29 is 0 Å². The summed E-state index contributed by atoms with van der Waals surface area (Å²) in [5, 5.41) is 3.92. The Morgan fingerprint density at radius 3 is 2.24 bits per heavy atom. The molecule has 0 radical (unpaired) electrons. The van der Waals surface area contributed by atoms with E-state index in [1.807, 2.05) is 0 Å². The van der Waals surface area contributed by atoms with E-state index < -0.39 is 0 Å². The molecule has 3 rings (SSSR count). The molecule has 17 heavy (non-hydrogen) atoms. The molecule has 0 saturated heterocycles. The second kappa shape index (κ2) is 4.57. The molecule has 0 bridgehead atoms. The van der Waals surface area contributed by atoms with Gasteiger partial charge in [0.05, 0.1) is 0 Å². The molecule has 3 aliphatic carbocycles. The van der Waals surface area contributed by atoms with Crippen molar-refractivity contribution in [1.82, 2.24) is 5.32 Å². The monoisotopic (exact) mass is 235 g/mol. The van der Waals surface area contributed by atoms with E-state index in [1.54, 1.807) is 0 Å². The molecule has 0 spiro atoms. The molecule has 3 saturated carbocycles. The van der Waals surface area contributed by atoms with Gasteiger partial charge in [-0.05, 0) is 74.7 Å². The Hall–Kier alpha value is -0.0400. The van der Waals surface area contributed by atoms with Gasteiger partial charge in [-0.25, -0.2) is 0 Å². The Balaban J connectivity index is 1.46. The lowest BCUT2D eigenvalue weighted by molar-refractivity contribution is 0.190. The molecule has 1 atom stereocenters. The summed E-state index contributed by atoms with van der Waals surface area (Å²) in [4.78, 5) is 0. The Kier molecular flexibility index (Phi) is 3.23. The maximum atomic E-state index is 3.92. The van der Waals surface area contributed by atoms with Gasteiger partial charge in [0.15, 0.2) is 0 Å². The highest BCUT2D eigenvalue weighted by Crippen LogP contribution is 2.49. The van der Waals surface area contributed by atoms with Crippen LogP contribution in [0.15, 0.2) is 0 Å². The molecule has 1 unspecified atom stereocenters. The summed E-state index contributed by atoms with van der Waals surface area (Å²) >= 11 is 0. The first-order valence-corrected chi connectivity index (χ1v) is 7.87. The van der Waals surface area contributed by atoms with E-state index >= 15 is 0 Å². The van der Waals surface area contributed by atoms with E-state index in [0.717, 1.165) is 23.8 Å². The molecule has 0 amide bonds. The zero-order valence-corrected chi connectivity index (χ0v) is 11.7. The molecule has 0 aromatic carbocycles. The second-order valence-electron chi connectivity index (χ2n) is 7.70. The number of hydrogen-bond donors (Lipinski definition) is 1. The minimum atomic E-state index is 0.588. The predicted octanol–water partition coefficient (Wildman–Crippen LogP) is 3.98. The van der Waals surface area contributed by atoms with E-state index in [2.05, 4.69) is 19.2 Å². The fourth-order valence-corrected chi connectivity index (χ4v) is 3.94. The summed E-state index contributed by atoms with van der Waals surface area (Å²) in [5.41, 5.74) is 0.588. The van der Waals surface area contributed by atoms with Gasteiger partial charge in [0, 0.05) is 6.04 Å². The number of nitrogens with one attached hydrogen (secondary N) is 1. The molecule has 1 N–H and O–H groups in total. The fourth-order valence-electron chi connectivity index (χ4n) is 3.94. The van der Waals surface area contributed by atoms with Crippen LogP contribution in [-0.2, 0) is 0 Å². The summed E-state index contributed by atoms with van der Waals surface area (Å²) in [6.07, 6.45) is 11.8. The van der Waals surface area contributed by atoms with Gasteiger partial charge in [0.2, 0.25) is 0 Å². The highest BCUT2D eigenvalue weighted by Gasteiger charge is 2.41. The van der Waals surface area contributed by atoms with Gasteiger partial charge in [-0.1, -0.05) is 20.3 Å². The third-order valence-electron chi connectivity index (χ3n) is 5.30. The van der Waals surface area contributed by atoms with Crippen molar-refractivity contribution in [3.8, 4) is 0 Å². The van der Waals surface area contributed by atoms with E-state index in [0.29, 0.717) is 5.41 Å². The van der Waals surface area contributed by atoms with Gasteiger partial charge in [-0.2, -0.15) is 0 Å². The van der Waals surface area contributed by atoms with Gasteiger partial charge < -0.3 is 5.32 Å². The Morgan fingerprint density at radius 1 is 1.06 bits per heavy atom. The molecular weight excluding hydrogens is 206 g/mol. The van der Waals surface area contributed by atoms with Crippen molar-refractivity contribution in [2.45, 2.75) is 71.3 Å². The average molecular weight is 235 g/mol. The topological polar surface area (TPSA) is 12.0 Å².